The van der Waals surface area contributed by atoms with Gasteiger partial charge in [0.05, 0.1) is 18.4 Å². The average molecular weight is 591 g/mol. The Bertz CT molecular complexity index is 1530. The fourth-order valence-electron chi connectivity index (χ4n) is 5.62. The molecule has 2 N–H and O–H groups in total. The van der Waals surface area contributed by atoms with Crippen molar-refractivity contribution in [2.24, 2.45) is 0 Å². The number of rotatable bonds is 12. The van der Waals surface area contributed by atoms with E-state index in [2.05, 4.69) is 45.6 Å². The van der Waals surface area contributed by atoms with Crippen LogP contribution >= 0.6 is 0 Å². The lowest BCUT2D eigenvalue weighted by Gasteiger charge is -2.38. The van der Waals surface area contributed by atoms with E-state index in [1.807, 2.05) is 72.8 Å². The number of piperazine rings is 1. The molecule has 228 valence electrons. The number of nitrogens with one attached hydrogen (secondary N) is 2. The number of nitrogens with zero attached hydrogens (tertiary/aromatic N) is 2. The van der Waals surface area contributed by atoms with Crippen LogP contribution in [-0.2, 0) is 12.8 Å². The highest BCUT2D eigenvalue weighted by Crippen LogP contribution is 2.31. The molecule has 0 bridgehead atoms. The molecule has 1 saturated heterocycles. The van der Waals surface area contributed by atoms with Crippen molar-refractivity contribution in [2.45, 2.75) is 32.6 Å². The van der Waals surface area contributed by atoms with Gasteiger partial charge in [-0.3, -0.25) is 9.59 Å². The number of methoxy groups -OCH3 is 1. The molecule has 2 amide bonds. The molecular formula is C37H42N4O3. The summed E-state index contributed by atoms with van der Waals surface area (Å²) >= 11 is 0. The Kier molecular flexibility index (Phi) is 10.5. The lowest BCUT2D eigenvalue weighted by atomic mass is 10.1. The summed E-state index contributed by atoms with van der Waals surface area (Å²) in [6.45, 7) is 5.78. The van der Waals surface area contributed by atoms with E-state index < -0.39 is 0 Å². The van der Waals surface area contributed by atoms with E-state index in [9.17, 15) is 9.59 Å². The van der Waals surface area contributed by atoms with E-state index >= 15 is 0 Å². The molecule has 0 unspecified atom stereocenters. The number of hydrogen-bond acceptors (Lipinski definition) is 5. The number of benzene rings is 4. The molecule has 1 heterocycles. The second kappa shape index (κ2) is 15.1. The largest absolute Gasteiger partial charge is 0.495 e. The van der Waals surface area contributed by atoms with Crippen molar-refractivity contribution in [1.82, 2.24) is 5.32 Å². The number of carbonyl (C=O) groups excluding carboxylic acids is 2. The molecule has 7 heteroatoms. The maximum absolute atomic E-state index is 13.6. The molecule has 0 spiro atoms. The highest BCUT2D eigenvalue weighted by molar-refractivity contribution is 6.06. The summed E-state index contributed by atoms with van der Waals surface area (Å²) in [4.78, 5) is 31.3. The molecule has 4 aromatic carbocycles. The topological polar surface area (TPSA) is 73.9 Å². The zero-order valence-electron chi connectivity index (χ0n) is 25.7. The second-order valence-electron chi connectivity index (χ2n) is 11.1. The first-order valence-electron chi connectivity index (χ1n) is 15.5. The fraction of sp³-hybridized carbons (Fsp3) is 0.297. The molecule has 1 aliphatic heterocycles. The number of anilines is 3. The maximum atomic E-state index is 13.6. The van der Waals surface area contributed by atoms with Gasteiger partial charge >= 0.3 is 0 Å². The van der Waals surface area contributed by atoms with E-state index in [1.54, 1.807) is 13.2 Å². The number of hydrogen-bond donors (Lipinski definition) is 2. The molecule has 4 aromatic rings. The number of aryl methyl sites for hydroxylation is 1. The van der Waals surface area contributed by atoms with Gasteiger partial charge in [0, 0.05) is 49.7 Å². The summed E-state index contributed by atoms with van der Waals surface area (Å²) in [6, 6.07) is 31.6. The van der Waals surface area contributed by atoms with Gasteiger partial charge in [-0.05, 0) is 72.9 Å². The van der Waals surface area contributed by atoms with Crippen LogP contribution in [0, 0.1) is 0 Å². The molecule has 0 radical (unpaired) electrons. The first-order valence-corrected chi connectivity index (χ1v) is 15.5. The van der Waals surface area contributed by atoms with E-state index in [0.717, 1.165) is 69.0 Å². The zero-order chi connectivity index (χ0) is 30.7. The van der Waals surface area contributed by atoms with Crippen molar-refractivity contribution in [3.8, 4) is 5.75 Å². The van der Waals surface area contributed by atoms with Crippen LogP contribution in [0.15, 0.2) is 97.1 Å². The van der Waals surface area contributed by atoms with E-state index in [0.29, 0.717) is 23.4 Å². The van der Waals surface area contributed by atoms with Crippen molar-refractivity contribution >= 4 is 28.9 Å². The Morgan fingerprint density at radius 2 is 1.39 bits per heavy atom. The number of unbranched alkanes of at least 4 members (excludes halogenated alkanes) is 1. The van der Waals surface area contributed by atoms with E-state index in [4.69, 9.17) is 4.74 Å². The Labute approximate surface area is 260 Å². The smallest absolute Gasteiger partial charge is 0.255 e. The quantitative estimate of drug-likeness (QED) is 0.195. The first-order chi connectivity index (χ1) is 21.6. The van der Waals surface area contributed by atoms with Gasteiger partial charge in [0.2, 0.25) is 0 Å². The molecule has 5 rings (SSSR count). The van der Waals surface area contributed by atoms with Crippen molar-refractivity contribution in [3.63, 3.8) is 0 Å². The Balaban J connectivity index is 1.32. The third-order valence-electron chi connectivity index (χ3n) is 8.12. The van der Waals surface area contributed by atoms with Crippen LogP contribution in [0.25, 0.3) is 0 Å². The van der Waals surface area contributed by atoms with Gasteiger partial charge in [0.25, 0.3) is 11.8 Å². The van der Waals surface area contributed by atoms with E-state index in [1.165, 1.54) is 11.1 Å². The molecule has 0 saturated carbocycles. The summed E-state index contributed by atoms with van der Waals surface area (Å²) < 4.78 is 5.59. The van der Waals surface area contributed by atoms with Crippen LogP contribution in [0.2, 0.25) is 0 Å². The SMILES string of the molecule is CCCCc1ccc(C(=O)Nc2ccc(N3CCN(c4ccccc4OC)CC3)c(C(=O)NCCc3ccccc3)c2)cc1. The molecule has 44 heavy (non-hydrogen) atoms. The molecule has 0 aromatic heterocycles. The fourth-order valence-corrected chi connectivity index (χ4v) is 5.62. The highest BCUT2D eigenvalue weighted by Gasteiger charge is 2.24. The minimum absolute atomic E-state index is 0.153. The molecular weight excluding hydrogens is 548 g/mol. The summed E-state index contributed by atoms with van der Waals surface area (Å²) in [5.41, 5.74) is 6.07. The Morgan fingerprint density at radius 1 is 0.727 bits per heavy atom. The van der Waals surface area contributed by atoms with Gasteiger partial charge in [0.15, 0.2) is 0 Å². The summed E-state index contributed by atoms with van der Waals surface area (Å²) in [5.74, 6) is 0.509. The Morgan fingerprint density at radius 3 is 2.09 bits per heavy atom. The van der Waals surface area contributed by atoms with Crippen LogP contribution in [0.1, 0.15) is 51.6 Å². The van der Waals surface area contributed by atoms with Crippen LogP contribution in [0.3, 0.4) is 0 Å². The predicted octanol–water partition coefficient (Wildman–Crippen LogP) is 6.59. The molecule has 0 atom stereocenters. The molecule has 0 aliphatic carbocycles. The summed E-state index contributed by atoms with van der Waals surface area (Å²) in [5, 5.41) is 6.12. The standard InChI is InChI=1S/C37H42N4O3/c1-3-4-10-29-15-17-30(18-16-29)36(42)39-31-19-20-33(32(27-31)37(43)38-22-21-28-11-6-5-7-12-28)40-23-25-41(26-24-40)34-13-8-9-14-35(34)44-2/h5-9,11-20,27H,3-4,10,21-26H2,1-2H3,(H,38,43)(H,39,42). The summed E-state index contributed by atoms with van der Waals surface area (Å²) in [6.07, 6.45) is 4.02. The van der Waals surface area contributed by atoms with Crippen LogP contribution in [0.5, 0.6) is 5.75 Å². The van der Waals surface area contributed by atoms with Gasteiger partial charge < -0.3 is 25.2 Å². The van der Waals surface area contributed by atoms with Gasteiger partial charge in [-0.2, -0.15) is 0 Å². The Hall–Kier alpha value is -4.78. The third kappa shape index (κ3) is 7.78. The monoisotopic (exact) mass is 590 g/mol. The first kappa shape index (κ1) is 30.7. The minimum atomic E-state index is -0.194. The second-order valence-corrected chi connectivity index (χ2v) is 11.1. The van der Waals surface area contributed by atoms with Gasteiger partial charge in [-0.15, -0.1) is 0 Å². The number of para-hydroxylation sites is 2. The van der Waals surface area contributed by atoms with Crippen LogP contribution < -0.4 is 25.2 Å². The summed E-state index contributed by atoms with van der Waals surface area (Å²) in [7, 11) is 1.70. The molecule has 7 nitrogen and oxygen atoms in total. The van der Waals surface area contributed by atoms with Gasteiger partial charge in [-0.25, -0.2) is 0 Å². The normalized spacial score (nSPS) is 13.0. The van der Waals surface area contributed by atoms with Gasteiger partial charge in [0.1, 0.15) is 5.75 Å². The number of carbonyl (C=O) groups is 2. The van der Waals surface area contributed by atoms with Crippen molar-refractivity contribution in [2.75, 3.05) is 55.0 Å². The minimum Gasteiger partial charge on any atom is -0.495 e. The number of ether oxygens (including phenoxy) is 1. The maximum Gasteiger partial charge on any atom is 0.255 e. The average Bonchev–Trinajstić information content (AvgIpc) is 3.08. The highest BCUT2D eigenvalue weighted by atomic mass is 16.5. The molecule has 1 aliphatic rings. The lowest BCUT2D eigenvalue weighted by molar-refractivity contribution is 0.0953. The van der Waals surface area contributed by atoms with Crippen molar-refractivity contribution < 1.29 is 14.3 Å². The van der Waals surface area contributed by atoms with Crippen molar-refractivity contribution in [3.05, 3.63) is 119 Å². The lowest BCUT2D eigenvalue weighted by Crippen LogP contribution is -2.47. The van der Waals surface area contributed by atoms with Gasteiger partial charge in [-0.1, -0.05) is 67.9 Å². The predicted molar refractivity (Wildman–Crippen MR) is 179 cm³/mol. The molecule has 1 fully saturated rings. The van der Waals surface area contributed by atoms with Crippen LogP contribution in [0.4, 0.5) is 17.1 Å². The number of amides is 2. The van der Waals surface area contributed by atoms with Crippen molar-refractivity contribution in [1.29, 1.82) is 0 Å². The van der Waals surface area contributed by atoms with E-state index in [-0.39, 0.29) is 11.8 Å². The third-order valence-corrected chi connectivity index (χ3v) is 8.12. The van der Waals surface area contributed by atoms with Crippen LogP contribution in [-0.4, -0.2) is 51.6 Å². The zero-order valence-corrected chi connectivity index (χ0v) is 25.7.